The maximum atomic E-state index is 13.6. The van der Waals surface area contributed by atoms with E-state index in [0.29, 0.717) is 15.6 Å². The van der Waals surface area contributed by atoms with Crippen LogP contribution in [0.15, 0.2) is 24.4 Å². The molecule has 0 spiro atoms. The molecule has 0 aliphatic carbocycles. The van der Waals surface area contributed by atoms with Gasteiger partial charge in [-0.3, -0.25) is 0 Å². The summed E-state index contributed by atoms with van der Waals surface area (Å²) in [5.74, 6) is -0.686. The van der Waals surface area contributed by atoms with Crippen LogP contribution in [0.2, 0.25) is 20.1 Å². The second kappa shape index (κ2) is 4.99. The lowest BCUT2D eigenvalue weighted by molar-refractivity contribution is 0.587. The van der Waals surface area contributed by atoms with E-state index in [1.807, 2.05) is 0 Å². The SMILES string of the molecule is Fc1ncc(Cl)cc1-c1cc(Cl)cc(Cl)c1Cl. The first-order chi connectivity index (χ1) is 7.99. The van der Waals surface area contributed by atoms with Crippen LogP contribution in [-0.4, -0.2) is 4.98 Å². The van der Waals surface area contributed by atoms with Crippen LogP contribution < -0.4 is 0 Å². The van der Waals surface area contributed by atoms with Crippen molar-refractivity contribution in [1.29, 1.82) is 0 Å². The Morgan fingerprint density at radius 2 is 1.53 bits per heavy atom. The van der Waals surface area contributed by atoms with Crippen LogP contribution in [0.4, 0.5) is 4.39 Å². The van der Waals surface area contributed by atoms with Crippen molar-refractivity contribution in [3.05, 3.63) is 50.4 Å². The average Bonchev–Trinajstić information content (AvgIpc) is 2.27. The molecule has 0 aliphatic heterocycles. The molecule has 0 saturated heterocycles. The summed E-state index contributed by atoms with van der Waals surface area (Å²) in [6.45, 7) is 0. The van der Waals surface area contributed by atoms with Crippen molar-refractivity contribution in [1.82, 2.24) is 4.98 Å². The quantitative estimate of drug-likeness (QED) is 0.500. The predicted octanol–water partition coefficient (Wildman–Crippen LogP) is 5.50. The topological polar surface area (TPSA) is 12.9 Å². The van der Waals surface area contributed by atoms with E-state index in [0.717, 1.165) is 0 Å². The van der Waals surface area contributed by atoms with Gasteiger partial charge in [-0.2, -0.15) is 4.39 Å². The predicted molar refractivity (Wildman–Crippen MR) is 69.7 cm³/mol. The summed E-state index contributed by atoms with van der Waals surface area (Å²) < 4.78 is 13.6. The molecule has 1 nitrogen and oxygen atoms in total. The van der Waals surface area contributed by atoms with Gasteiger partial charge in [0, 0.05) is 22.3 Å². The molecule has 88 valence electrons. The molecule has 0 saturated carbocycles. The Morgan fingerprint density at radius 3 is 2.24 bits per heavy atom. The largest absolute Gasteiger partial charge is 0.226 e. The van der Waals surface area contributed by atoms with E-state index in [1.54, 1.807) is 0 Å². The van der Waals surface area contributed by atoms with Crippen LogP contribution in [0.3, 0.4) is 0 Å². The highest BCUT2D eigenvalue weighted by Crippen LogP contribution is 2.37. The number of pyridine rings is 1. The summed E-state index contributed by atoms with van der Waals surface area (Å²) in [4.78, 5) is 3.51. The number of benzene rings is 1. The highest BCUT2D eigenvalue weighted by molar-refractivity contribution is 6.45. The van der Waals surface area contributed by atoms with Crippen molar-refractivity contribution in [2.75, 3.05) is 0 Å². The Morgan fingerprint density at radius 1 is 0.882 bits per heavy atom. The fraction of sp³-hybridized carbons (Fsp3) is 0. The van der Waals surface area contributed by atoms with Crippen LogP contribution in [0.25, 0.3) is 11.1 Å². The fourth-order valence-corrected chi connectivity index (χ4v) is 2.23. The number of rotatable bonds is 1. The zero-order valence-corrected chi connectivity index (χ0v) is 11.2. The molecule has 0 amide bonds. The van der Waals surface area contributed by atoms with E-state index >= 15 is 0 Å². The van der Waals surface area contributed by atoms with E-state index in [1.165, 1.54) is 24.4 Å². The molecule has 0 unspecified atom stereocenters. The van der Waals surface area contributed by atoms with Gasteiger partial charge < -0.3 is 0 Å². The molecule has 1 aromatic heterocycles. The van der Waals surface area contributed by atoms with Gasteiger partial charge in [-0.15, -0.1) is 0 Å². The van der Waals surface area contributed by atoms with Gasteiger partial charge in [0.2, 0.25) is 5.95 Å². The standard InChI is InChI=1S/C11H4Cl4FN/c12-5-1-7(10(15)9(14)3-5)8-2-6(13)4-17-11(8)16/h1-4H. The Bertz CT molecular complexity index is 586. The Labute approximate surface area is 117 Å². The van der Waals surface area contributed by atoms with Gasteiger partial charge in [-0.25, -0.2) is 4.98 Å². The van der Waals surface area contributed by atoms with Crippen LogP contribution in [0.1, 0.15) is 0 Å². The van der Waals surface area contributed by atoms with E-state index in [4.69, 9.17) is 46.4 Å². The molecular weight excluding hydrogens is 307 g/mol. The summed E-state index contributed by atoms with van der Waals surface area (Å²) in [7, 11) is 0. The minimum Gasteiger partial charge on any atom is -0.226 e. The fourth-order valence-electron chi connectivity index (χ4n) is 1.36. The summed E-state index contributed by atoms with van der Waals surface area (Å²) in [5.41, 5.74) is 0.517. The maximum Gasteiger partial charge on any atom is 0.220 e. The van der Waals surface area contributed by atoms with Crippen molar-refractivity contribution >= 4 is 46.4 Å². The second-order valence-electron chi connectivity index (χ2n) is 3.24. The van der Waals surface area contributed by atoms with Gasteiger partial charge in [0.05, 0.1) is 15.1 Å². The van der Waals surface area contributed by atoms with Gasteiger partial charge in [0.25, 0.3) is 0 Å². The first kappa shape index (κ1) is 12.9. The zero-order chi connectivity index (χ0) is 12.6. The van der Waals surface area contributed by atoms with Crippen molar-refractivity contribution in [3.8, 4) is 11.1 Å². The molecule has 0 N–H and O–H groups in total. The third kappa shape index (κ3) is 2.66. The summed E-state index contributed by atoms with van der Waals surface area (Å²) in [6, 6.07) is 4.40. The molecule has 0 fully saturated rings. The Hall–Kier alpha value is -0.540. The molecule has 2 aromatic rings. The molecule has 0 atom stereocenters. The van der Waals surface area contributed by atoms with Crippen LogP contribution in [0.5, 0.6) is 0 Å². The number of hydrogen-bond donors (Lipinski definition) is 0. The highest BCUT2D eigenvalue weighted by atomic mass is 35.5. The monoisotopic (exact) mass is 309 g/mol. The normalized spacial score (nSPS) is 10.6. The van der Waals surface area contributed by atoms with Gasteiger partial charge in [-0.05, 0) is 18.2 Å². The molecule has 1 aromatic carbocycles. The Kier molecular flexibility index (Phi) is 3.79. The van der Waals surface area contributed by atoms with E-state index < -0.39 is 5.95 Å². The van der Waals surface area contributed by atoms with Gasteiger partial charge >= 0.3 is 0 Å². The van der Waals surface area contributed by atoms with E-state index in [9.17, 15) is 4.39 Å². The lowest BCUT2D eigenvalue weighted by Crippen LogP contribution is -1.90. The summed E-state index contributed by atoms with van der Waals surface area (Å²) in [5, 5.41) is 1.11. The molecule has 0 radical (unpaired) electrons. The molecule has 0 aliphatic rings. The number of hydrogen-bond acceptors (Lipinski definition) is 1. The minimum absolute atomic E-state index is 0.159. The lowest BCUT2D eigenvalue weighted by atomic mass is 10.1. The molecule has 2 rings (SSSR count). The zero-order valence-electron chi connectivity index (χ0n) is 8.15. The van der Waals surface area contributed by atoms with E-state index in [2.05, 4.69) is 4.98 Å². The van der Waals surface area contributed by atoms with Gasteiger partial charge in [-0.1, -0.05) is 46.4 Å². The first-order valence-electron chi connectivity index (χ1n) is 4.45. The third-order valence-corrected chi connectivity index (χ3v) is 3.32. The minimum atomic E-state index is -0.686. The molecule has 6 heteroatoms. The number of nitrogens with zero attached hydrogens (tertiary/aromatic N) is 1. The lowest BCUT2D eigenvalue weighted by Gasteiger charge is -2.08. The average molecular weight is 311 g/mol. The van der Waals surface area contributed by atoms with Crippen molar-refractivity contribution in [2.45, 2.75) is 0 Å². The molecule has 17 heavy (non-hydrogen) atoms. The smallest absolute Gasteiger partial charge is 0.220 e. The third-order valence-electron chi connectivity index (χ3n) is 2.09. The van der Waals surface area contributed by atoms with Crippen molar-refractivity contribution in [2.24, 2.45) is 0 Å². The van der Waals surface area contributed by atoms with Crippen LogP contribution in [-0.2, 0) is 0 Å². The van der Waals surface area contributed by atoms with Gasteiger partial charge in [0.1, 0.15) is 0 Å². The first-order valence-corrected chi connectivity index (χ1v) is 5.96. The van der Waals surface area contributed by atoms with Crippen LogP contribution in [0, 0.1) is 5.95 Å². The molecular formula is C11H4Cl4FN. The summed E-state index contributed by atoms with van der Waals surface area (Å²) >= 11 is 23.5. The van der Waals surface area contributed by atoms with Crippen molar-refractivity contribution in [3.63, 3.8) is 0 Å². The second-order valence-corrected chi connectivity index (χ2v) is 4.90. The number of halogens is 5. The summed E-state index contributed by atoms with van der Waals surface area (Å²) in [6.07, 6.45) is 1.21. The Balaban J connectivity index is 2.72. The van der Waals surface area contributed by atoms with E-state index in [-0.39, 0.29) is 15.6 Å². The maximum absolute atomic E-state index is 13.6. The highest BCUT2D eigenvalue weighted by Gasteiger charge is 2.14. The van der Waals surface area contributed by atoms with Gasteiger partial charge in [0.15, 0.2) is 0 Å². The molecule has 1 heterocycles. The number of aromatic nitrogens is 1. The van der Waals surface area contributed by atoms with Crippen LogP contribution >= 0.6 is 46.4 Å². The van der Waals surface area contributed by atoms with Crippen molar-refractivity contribution < 1.29 is 4.39 Å². The molecule has 0 bridgehead atoms.